The molecule has 0 aromatic carbocycles. The molecule has 0 unspecified atom stereocenters. The molecule has 0 aromatic heterocycles. The lowest BCUT2D eigenvalue weighted by atomic mass is 10.1. The lowest BCUT2D eigenvalue weighted by molar-refractivity contribution is -0.678. The fourth-order valence-corrected chi connectivity index (χ4v) is 1.48. The summed E-state index contributed by atoms with van der Waals surface area (Å²) in [5, 5.41) is 7.49. The molecular formula is C10H20N3O2+. The molecule has 15 heavy (non-hydrogen) atoms. The lowest BCUT2D eigenvalue weighted by Crippen LogP contribution is -2.96. The number of quaternary nitrogens is 1. The van der Waals surface area contributed by atoms with Crippen LogP contribution in [0.2, 0.25) is 0 Å². The van der Waals surface area contributed by atoms with Gasteiger partial charge in [-0.2, -0.15) is 0 Å². The molecule has 1 fully saturated rings. The van der Waals surface area contributed by atoms with Crippen molar-refractivity contribution in [3.05, 3.63) is 0 Å². The second-order valence-electron chi connectivity index (χ2n) is 4.32. The normalized spacial score (nSPS) is 21.3. The van der Waals surface area contributed by atoms with E-state index in [4.69, 9.17) is 0 Å². The van der Waals surface area contributed by atoms with Gasteiger partial charge in [0.05, 0.1) is 19.5 Å². The number of nitrogens with one attached hydrogen (secondary N) is 2. The Kier molecular flexibility index (Phi) is 4.55. The summed E-state index contributed by atoms with van der Waals surface area (Å²) in [5.41, 5.74) is 0. The maximum atomic E-state index is 11.5. The van der Waals surface area contributed by atoms with Crippen LogP contribution in [0.4, 0.5) is 0 Å². The second-order valence-corrected chi connectivity index (χ2v) is 4.32. The molecule has 1 rings (SSSR count). The summed E-state index contributed by atoms with van der Waals surface area (Å²) in [5.74, 6) is 0.376. The van der Waals surface area contributed by atoms with E-state index < -0.39 is 0 Å². The summed E-state index contributed by atoms with van der Waals surface area (Å²) in [6.45, 7) is 6.31. The largest absolute Gasteiger partial charge is 0.356 e. The van der Waals surface area contributed by atoms with Crippen LogP contribution in [-0.4, -0.2) is 37.5 Å². The van der Waals surface area contributed by atoms with Crippen molar-refractivity contribution in [1.82, 2.24) is 10.6 Å². The van der Waals surface area contributed by atoms with Gasteiger partial charge in [0, 0.05) is 6.54 Å². The third-order valence-electron chi connectivity index (χ3n) is 2.34. The van der Waals surface area contributed by atoms with Gasteiger partial charge in [-0.15, -0.1) is 0 Å². The van der Waals surface area contributed by atoms with E-state index in [-0.39, 0.29) is 24.3 Å². The quantitative estimate of drug-likeness (QED) is 0.517. The van der Waals surface area contributed by atoms with Gasteiger partial charge >= 0.3 is 0 Å². The van der Waals surface area contributed by atoms with E-state index in [0.29, 0.717) is 19.0 Å². The highest BCUT2D eigenvalue weighted by atomic mass is 16.2. The van der Waals surface area contributed by atoms with Crippen LogP contribution in [0.25, 0.3) is 0 Å². The third-order valence-corrected chi connectivity index (χ3v) is 2.34. The summed E-state index contributed by atoms with van der Waals surface area (Å²) in [6, 6.07) is -0.245. The number of carbonyl (C=O) groups is 2. The van der Waals surface area contributed by atoms with Gasteiger partial charge in [0.1, 0.15) is 0 Å². The molecule has 2 amide bonds. The van der Waals surface area contributed by atoms with Gasteiger partial charge < -0.3 is 16.0 Å². The first-order valence-corrected chi connectivity index (χ1v) is 5.47. The topological polar surface area (TPSA) is 74.8 Å². The Labute approximate surface area is 90.0 Å². The van der Waals surface area contributed by atoms with Crippen LogP contribution in [0, 0.1) is 5.92 Å². The van der Waals surface area contributed by atoms with Gasteiger partial charge in [-0.25, -0.2) is 0 Å². The SMILES string of the molecule is CC(C)CNC(=O)C[C@@H]1[NH2+]CCNC1=O. The number of amides is 2. The Hall–Kier alpha value is -1.10. The molecule has 4 N–H and O–H groups in total. The number of carbonyl (C=O) groups excluding carboxylic acids is 2. The van der Waals surface area contributed by atoms with Gasteiger partial charge in [-0.3, -0.25) is 9.59 Å². The molecule has 1 aliphatic heterocycles. The van der Waals surface area contributed by atoms with Crippen molar-refractivity contribution < 1.29 is 14.9 Å². The molecule has 0 saturated carbocycles. The molecule has 0 radical (unpaired) electrons. The molecule has 1 heterocycles. The van der Waals surface area contributed by atoms with Crippen molar-refractivity contribution in [1.29, 1.82) is 0 Å². The Morgan fingerprint density at radius 1 is 1.67 bits per heavy atom. The van der Waals surface area contributed by atoms with Crippen molar-refractivity contribution in [2.75, 3.05) is 19.6 Å². The summed E-state index contributed by atoms with van der Waals surface area (Å²) >= 11 is 0. The van der Waals surface area contributed by atoms with Gasteiger partial charge in [-0.05, 0) is 5.92 Å². The zero-order valence-corrected chi connectivity index (χ0v) is 9.38. The van der Waals surface area contributed by atoms with Crippen LogP contribution < -0.4 is 16.0 Å². The van der Waals surface area contributed by atoms with Crippen LogP contribution in [0.1, 0.15) is 20.3 Å². The average molecular weight is 214 g/mol. The minimum atomic E-state index is -0.245. The zero-order chi connectivity index (χ0) is 11.3. The van der Waals surface area contributed by atoms with Crippen LogP contribution in [0.5, 0.6) is 0 Å². The van der Waals surface area contributed by atoms with Gasteiger partial charge in [-0.1, -0.05) is 13.8 Å². The standard InChI is InChI=1S/C10H19N3O2/c1-7(2)6-13-9(14)5-8-10(15)12-4-3-11-8/h7-8,11H,3-6H2,1-2H3,(H,12,15)(H,13,14)/p+1/t8-/m0/s1. The van der Waals surface area contributed by atoms with Crippen LogP contribution in [0.3, 0.4) is 0 Å². The van der Waals surface area contributed by atoms with Gasteiger partial charge in [0.15, 0.2) is 6.04 Å². The van der Waals surface area contributed by atoms with E-state index in [2.05, 4.69) is 10.6 Å². The number of hydrogen-bond acceptors (Lipinski definition) is 2. The molecule has 0 aromatic rings. The van der Waals surface area contributed by atoms with Crippen molar-refractivity contribution in [3.8, 4) is 0 Å². The molecule has 1 aliphatic rings. The molecule has 1 saturated heterocycles. The number of hydrogen-bond donors (Lipinski definition) is 3. The fraction of sp³-hybridized carbons (Fsp3) is 0.800. The van der Waals surface area contributed by atoms with E-state index in [1.165, 1.54) is 0 Å². The van der Waals surface area contributed by atoms with Crippen molar-refractivity contribution >= 4 is 11.8 Å². The lowest BCUT2D eigenvalue weighted by Gasteiger charge is -2.19. The molecule has 0 aliphatic carbocycles. The third kappa shape index (κ3) is 4.29. The molecular weight excluding hydrogens is 194 g/mol. The highest BCUT2D eigenvalue weighted by molar-refractivity contribution is 5.87. The molecule has 0 spiro atoms. The molecule has 5 nitrogen and oxygen atoms in total. The predicted molar refractivity (Wildman–Crippen MR) is 56.1 cm³/mol. The summed E-state index contributed by atoms with van der Waals surface area (Å²) < 4.78 is 0. The number of rotatable bonds is 4. The van der Waals surface area contributed by atoms with Crippen molar-refractivity contribution in [2.24, 2.45) is 5.92 Å². The Balaban J connectivity index is 2.27. The maximum Gasteiger partial charge on any atom is 0.278 e. The first-order chi connectivity index (χ1) is 7.09. The molecule has 0 bridgehead atoms. The Morgan fingerprint density at radius 3 is 3.00 bits per heavy atom. The smallest absolute Gasteiger partial charge is 0.278 e. The summed E-state index contributed by atoms with van der Waals surface area (Å²) in [4.78, 5) is 22.8. The van der Waals surface area contributed by atoms with Crippen LogP contribution in [0.15, 0.2) is 0 Å². The predicted octanol–water partition coefficient (Wildman–Crippen LogP) is -1.79. The van der Waals surface area contributed by atoms with Crippen molar-refractivity contribution in [3.63, 3.8) is 0 Å². The van der Waals surface area contributed by atoms with Gasteiger partial charge in [0.2, 0.25) is 5.91 Å². The second kappa shape index (κ2) is 5.70. The molecule has 1 atom stereocenters. The number of piperazine rings is 1. The zero-order valence-electron chi connectivity index (χ0n) is 9.38. The summed E-state index contributed by atoms with van der Waals surface area (Å²) in [6.07, 6.45) is 0.276. The highest BCUT2D eigenvalue weighted by Crippen LogP contribution is 1.92. The van der Waals surface area contributed by atoms with E-state index in [0.717, 1.165) is 6.54 Å². The Morgan fingerprint density at radius 2 is 2.40 bits per heavy atom. The van der Waals surface area contributed by atoms with E-state index in [9.17, 15) is 9.59 Å². The van der Waals surface area contributed by atoms with E-state index in [1.807, 2.05) is 19.2 Å². The van der Waals surface area contributed by atoms with Crippen LogP contribution in [-0.2, 0) is 9.59 Å². The van der Waals surface area contributed by atoms with Crippen molar-refractivity contribution in [2.45, 2.75) is 26.3 Å². The van der Waals surface area contributed by atoms with E-state index >= 15 is 0 Å². The fourth-order valence-electron chi connectivity index (χ4n) is 1.48. The number of nitrogens with two attached hydrogens (primary N) is 1. The minimum Gasteiger partial charge on any atom is -0.356 e. The highest BCUT2D eigenvalue weighted by Gasteiger charge is 2.27. The first kappa shape index (κ1) is 12.0. The minimum absolute atomic E-state index is 0.0269. The molecule has 5 heteroatoms. The van der Waals surface area contributed by atoms with Crippen LogP contribution >= 0.6 is 0 Å². The molecule has 86 valence electrons. The Bertz CT molecular complexity index is 241. The summed E-state index contributed by atoms with van der Waals surface area (Å²) in [7, 11) is 0. The monoisotopic (exact) mass is 214 g/mol. The first-order valence-electron chi connectivity index (χ1n) is 5.47. The van der Waals surface area contributed by atoms with Gasteiger partial charge in [0.25, 0.3) is 5.91 Å². The van der Waals surface area contributed by atoms with E-state index in [1.54, 1.807) is 0 Å². The maximum absolute atomic E-state index is 11.5. The average Bonchev–Trinajstić information content (AvgIpc) is 2.18.